The van der Waals surface area contributed by atoms with Gasteiger partial charge < -0.3 is 9.42 Å². The summed E-state index contributed by atoms with van der Waals surface area (Å²) in [6.45, 7) is 7.41. The summed E-state index contributed by atoms with van der Waals surface area (Å²) in [5.74, 6) is 0.781. The molecule has 8 nitrogen and oxygen atoms in total. The average molecular weight is 455 g/mol. The van der Waals surface area contributed by atoms with E-state index < -0.39 is 10.0 Å². The first-order chi connectivity index (χ1) is 15.3. The monoisotopic (exact) mass is 454 g/mol. The minimum atomic E-state index is -3.66. The van der Waals surface area contributed by atoms with Gasteiger partial charge in [-0.15, -0.1) is 0 Å². The number of hydrogen-bond donors (Lipinski definition) is 1. The fourth-order valence-corrected chi connectivity index (χ4v) is 4.82. The van der Waals surface area contributed by atoms with Gasteiger partial charge in [0.1, 0.15) is 5.76 Å². The summed E-state index contributed by atoms with van der Waals surface area (Å²) in [5.41, 5.74) is 2.96. The van der Waals surface area contributed by atoms with E-state index in [-0.39, 0.29) is 10.8 Å². The van der Waals surface area contributed by atoms with E-state index in [4.69, 9.17) is 4.52 Å². The molecule has 0 aliphatic carbocycles. The van der Waals surface area contributed by atoms with Gasteiger partial charge in [0.25, 0.3) is 15.9 Å². The number of aryl methyl sites for hydroxylation is 2. The Hall–Kier alpha value is -3.17. The summed E-state index contributed by atoms with van der Waals surface area (Å²) in [4.78, 5) is 17.2. The van der Waals surface area contributed by atoms with Crippen molar-refractivity contribution in [2.45, 2.75) is 25.3 Å². The van der Waals surface area contributed by atoms with Crippen molar-refractivity contribution in [3.63, 3.8) is 0 Å². The zero-order valence-electron chi connectivity index (χ0n) is 18.1. The molecule has 0 radical (unpaired) electrons. The van der Waals surface area contributed by atoms with Crippen LogP contribution < -0.4 is 4.72 Å². The second kappa shape index (κ2) is 9.13. The van der Waals surface area contributed by atoms with E-state index in [1.165, 1.54) is 12.1 Å². The van der Waals surface area contributed by atoms with E-state index >= 15 is 0 Å². The van der Waals surface area contributed by atoms with Crippen LogP contribution in [0.25, 0.3) is 0 Å². The molecule has 1 fully saturated rings. The number of nitrogens with one attached hydrogen (secondary N) is 1. The molecule has 4 rings (SSSR count). The van der Waals surface area contributed by atoms with Crippen molar-refractivity contribution in [3.05, 3.63) is 77.2 Å². The number of piperazine rings is 1. The lowest BCUT2D eigenvalue weighted by Gasteiger charge is -2.34. The van der Waals surface area contributed by atoms with Crippen molar-refractivity contribution >= 4 is 21.6 Å². The van der Waals surface area contributed by atoms with Crippen LogP contribution >= 0.6 is 0 Å². The minimum Gasteiger partial charge on any atom is -0.361 e. The highest BCUT2D eigenvalue weighted by Gasteiger charge is 2.24. The number of carbonyl (C=O) groups excluding carboxylic acids is 1. The Balaban J connectivity index is 1.34. The number of amides is 1. The fraction of sp³-hybridized carbons (Fsp3) is 0.304. The number of anilines is 1. The Labute approximate surface area is 187 Å². The van der Waals surface area contributed by atoms with E-state index in [9.17, 15) is 13.2 Å². The highest BCUT2D eigenvalue weighted by molar-refractivity contribution is 7.92. The standard InChI is InChI=1S/C23H26N4O4S/c1-17-22(18(2)31-24-17)16-26-12-14-27(15-13-26)23(28)19-8-10-20(11-9-19)25-32(29,30)21-6-4-3-5-7-21/h3-11,25H,12-16H2,1-2H3. The first-order valence-corrected chi connectivity index (χ1v) is 11.9. The Morgan fingerprint density at radius 2 is 1.66 bits per heavy atom. The Kier molecular flexibility index (Phi) is 6.29. The third-order valence-electron chi connectivity index (χ3n) is 5.66. The molecule has 0 saturated carbocycles. The highest BCUT2D eigenvalue weighted by Crippen LogP contribution is 2.19. The summed E-state index contributed by atoms with van der Waals surface area (Å²) >= 11 is 0. The van der Waals surface area contributed by atoms with E-state index in [0.717, 1.165) is 36.7 Å². The SMILES string of the molecule is Cc1noc(C)c1CN1CCN(C(=O)c2ccc(NS(=O)(=O)c3ccccc3)cc2)CC1. The molecule has 1 aromatic heterocycles. The summed E-state index contributed by atoms with van der Waals surface area (Å²) in [7, 11) is -3.66. The van der Waals surface area contributed by atoms with Crippen LogP contribution in [0.15, 0.2) is 64.0 Å². The van der Waals surface area contributed by atoms with Crippen LogP contribution in [-0.2, 0) is 16.6 Å². The summed E-state index contributed by atoms with van der Waals surface area (Å²) in [6.07, 6.45) is 0. The fourth-order valence-electron chi connectivity index (χ4n) is 3.74. The normalized spacial score (nSPS) is 15.0. The average Bonchev–Trinajstić information content (AvgIpc) is 3.12. The third-order valence-corrected chi connectivity index (χ3v) is 7.06. The van der Waals surface area contributed by atoms with Crippen LogP contribution in [0.1, 0.15) is 27.4 Å². The van der Waals surface area contributed by atoms with Crippen LogP contribution in [-0.4, -0.2) is 55.5 Å². The summed E-state index contributed by atoms with van der Waals surface area (Å²) in [6, 6.07) is 14.7. The molecule has 0 atom stereocenters. The van der Waals surface area contributed by atoms with Crippen molar-refractivity contribution in [1.82, 2.24) is 15.0 Å². The van der Waals surface area contributed by atoms with Gasteiger partial charge in [-0.1, -0.05) is 23.4 Å². The van der Waals surface area contributed by atoms with Crippen molar-refractivity contribution < 1.29 is 17.7 Å². The molecule has 0 spiro atoms. The molecular formula is C23H26N4O4S. The quantitative estimate of drug-likeness (QED) is 0.615. The third kappa shape index (κ3) is 4.84. The van der Waals surface area contributed by atoms with Crippen LogP contribution in [0.5, 0.6) is 0 Å². The van der Waals surface area contributed by atoms with Gasteiger partial charge >= 0.3 is 0 Å². The topological polar surface area (TPSA) is 95.8 Å². The maximum absolute atomic E-state index is 12.9. The number of nitrogens with zero attached hydrogens (tertiary/aromatic N) is 3. The summed E-state index contributed by atoms with van der Waals surface area (Å²) < 4.78 is 32.7. The van der Waals surface area contributed by atoms with Crippen molar-refractivity contribution in [1.29, 1.82) is 0 Å². The number of aromatic nitrogens is 1. The molecule has 2 heterocycles. The highest BCUT2D eigenvalue weighted by atomic mass is 32.2. The molecule has 32 heavy (non-hydrogen) atoms. The van der Waals surface area contributed by atoms with Gasteiger partial charge in [0.15, 0.2) is 0 Å². The minimum absolute atomic E-state index is 0.0561. The van der Waals surface area contributed by atoms with E-state index in [2.05, 4.69) is 14.8 Å². The molecule has 168 valence electrons. The molecule has 1 aliphatic rings. The Morgan fingerprint density at radius 1 is 1.00 bits per heavy atom. The van der Waals surface area contributed by atoms with Crippen LogP contribution in [0.4, 0.5) is 5.69 Å². The van der Waals surface area contributed by atoms with E-state index in [1.807, 2.05) is 18.7 Å². The van der Waals surface area contributed by atoms with Crippen molar-refractivity contribution in [2.24, 2.45) is 0 Å². The number of carbonyl (C=O) groups is 1. The molecule has 1 amide bonds. The zero-order chi connectivity index (χ0) is 22.7. The molecule has 2 aromatic carbocycles. The molecule has 0 bridgehead atoms. The first kappa shape index (κ1) is 22.0. The van der Waals surface area contributed by atoms with Gasteiger partial charge in [-0.05, 0) is 50.2 Å². The first-order valence-electron chi connectivity index (χ1n) is 10.4. The summed E-state index contributed by atoms with van der Waals surface area (Å²) in [5, 5.41) is 4.00. The van der Waals surface area contributed by atoms with Crippen LogP contribution in [0, 0.1) is 13.8 Å². The maximum atomic E-state index is 12.9. The van der Waals surface area contributed by atoms with Gasteiger partial charge in [0.05, 0.1) is 10.6 Å². The molecule has 9 heteroatoms. The lowest BCUT2D eigenvalue weighted by molar-refractivity contribution is 0.0627. The largest absolute Gasteiger partial charge is 0.361 e. The Bertz CT molecular complexity index is 1160. The lowest BCUT2D eigenvalue weighted by Crippen LogP contribution is -2.48. The van der Waals surface area contributed by atoms with Gasteiger partial charge in [0.2, 0.25) is 0 Å². The second-order valence-corrected chi connectivity index (χ2v) is 9.55. The number of rotatable bonds is 6. The molecule has 3 aromatic rings. The predicted molar refractivity (Wildman–Crippen MR) is 121 cm³/mol. The molecular weight excluding hydrogens is 428 g/mol. The lowest BCUT2D eigenvalue weighted by atomic mass is 10.1. The second-order valence-electron chi connectivity index (χ2n) is 7.87. The van der Waals surface area contributed by atoms with Gasteiger partial charge in [-0.2, -0.15) is 0 Å². The molecule has 1 N–H and O–H groups in total. The van der Waals surface area contributed by atoms with E-state index in [0.29, 0.717) is 24.3 Å². The molecule has 0 unspecified atom stereocenters. The van der Waals surface area contributed by atoms with Gasteiger partial charge in [0, 0.05) is 49.5 Å². The zero-order valence-corrected chi connectivity index (χ0v) is 18.9. The number of hydrogen-bond acceptors (Lipinski definition) is 6. The van der Waals surface area contributed by atoms with E-state index in [1.54, 1.807) is 42.5 Å². The van der Waals surface area contributed by atoms with Crippen LogP contribution in [0.3, 0.4) is 0 Å². The molecule has 1 saturated heterocycles. The molecule has 1 aliphatic heterocycles. The Morgan fingerprint density at radius 3 is 2.25 bits per heavy atom. The smallest absolute Gasteiger partial charge is 0.261 e. The van der Waals surface area contributed by atoms with Gasteiger partial charge in [-0.3, -0.25) is 14.4 Å². The van der Waals surface area contributed by atoms with Crippen molar-refractivity contribution in [2.75, 3.05) is 30.9 Å². The maximum Gasteiger partial charge on any atom is 0.261 e. The van der Waals surface area contributed by atoms with Crippen molar-refractivity contribution in [3.8, 4) is 0 Å². The number of benzene rings is 2. The predicted octanol–water partition coefficient (Wildman–Crippen LogP) is 3.05. The number of sulfonamides is 1. The van der Waals surface area contributed by atoms with Gasteiger partial charge in [-0.25, -0.2) is 8.42 Å². The van der Waals surface area contributed by atoms with Crippen LogP contribution in [0.2, 0.25) is 0 Å².